The lowest BCUT2D eigenvalue weighted by Gasteiger charge is -1.99. The fourth-order valence-corrected chi connectivity index (χ4v) is 1.05. The Labute approximate surface area is 78.6 Å². The van der Waals surface area contributed by atoms with E-state index in [2.05, 4.69) is 4.98 Å². The van der Waals surface area contributed by atoms with Gasteiger partial charge in [0.1, 0.15) is 0 Å². The van der Waals surface area contributed by atoms with Gasteiger partial charge in [-0.2, -0.15) is 4.98 Å². The average Bonchev–Trinajstić information content (AvgIpc) is 2.42. The molecule has 2 N–H and O–H groups in total. The summed E-state index contributed by atoms with van der Waals surface area (Å²) in [5, 5.41) is 17.4. The van der Waals surface area contributed by atoms with E-state index < -0.39 is 23.3 Å². The number of hydrogen-bond donors (Lipinski definition) is 2. The molecule has 76 valence electrons. The van der Waals surface area contributed by atoms with E-state index in [1.54, 1.807) is 0 Å². The number of aromatic nitrogens is 2. The van der Waals surface area contributed by atoms with Crippen molar-refractivity contribution in [2.45, 2.75) is 0 Å². The molecule has 0 bridgehead atoms. The Morgan fingerprint density at radius 1 is 1.36 bits per heavy atom. The van der Waals surface area contributed by atoms with Crippen LogP contribution in [0.2, 0.25) is 0 Å². The van der Waals surface area contributed by atoms with E-state index in [0.717, 1.165) is 4.57 Å². The Kier molecular flexibility index (Phi) is 2.41. The van der Waals surface area contributed by atoms with Crippen LogP contribution < -0.4 is 4.74 Å². The molecular formula is C7H8N2O5. The molecule has 0 aliphatic carbocycles. The summed E-state index contributed by atoms with van der Waals surface area (Å²) in [6.07, 6.45) is 0. The van der Waals surface area contributed by atoms with Gasteiger partial charge in [0.15, 0.2) is 11.4 Å². The molecule has 7 heteroatoms. The van der Waals surface area contributed by atoms with Crippen LogP contribution in [0.1, 0.15) is 21.0 Å². The number of rotatable bonds is 3. The van der Waals surface area contributed by atoms with Gasteiger partial charge < -0.3 is 14.9 Å². The Bertz CT molecular complexity index is 395. The Balaban J connectivity index is 3.42. The first kappa shape index (κ1) is 10.0. The summed E-state index contributed by atoms with van der Waals surface area (Å²) < 4.78 is 5.75. The summed E-state index contributed by atoms with van der Waals surface area (Å²) in [6.45, 7) is 0. The third kappa shape index (κ3) is 1.39. The van der Waals surface area contributed by atoms with E-state index in [4.69, 9.17) is 14.9 Å². The van der Waals surface area contributed by atoms with E-state index in [0.29, 0.717) is 0 Å². The smallest absolute Gasteiger partial charge is 0.357 e. The van der Waals surface area contributed by atoms with Crippen molar-refractivity contribution in [1.29, 1.82) is 0 Å². The second kappa shape index (κ2) is 3.36. The number of carboxylic acid groups (broad SMARTS) is 2. The van der Waals surface area contributed by atoms with Gasteiger partial charge in [-0.05, 0) is 0 Å². The fraction of sp³-hybridized carbons (Fsp3) is 0.286. The maximum Gasteiger partial charge on any atom is 0.357 e. The van der Waals surface area contributed by atoms with Crippen molar-refractivity contribution in [3.8, 4) is 6.01 Å². The normalized spacial score (nSPS) is 9.86. The number of hydrogen-bond acceptors (Lipinski definition) is 4. The first-order valence-electron chi connectivity index (χ1n) is 3.56. The molecule has 1 aromatic heterocycles. The van der Waals surface area contributed by atoms with Crippen LogP contribution in [0.25, 0.3) is 0 Å². The van der Waals surface area contributed by atoms with E-state index in [1.807, 2.05) is 0 Å². The summed E-state index contributed by atoms with van der Waals surface area (Å²) in [7, 11) is 2.64. The van der Waals surface area contributed by atoms with E-state index in [1.165, 1.54) is 14.2 Å². The Morgan fingerprint density at radius 2 is 1.93 bits per heavy atom. The third-order valence-electron chi connectivity index (χ3n) is 1.64. The first-order valence-corrected chi connectivity index (χ1v) is 3.56. The van der Waals surface area contributed by atoms with Gasteiger partial charge in [-0.3, -0.25) is 4.57 Å². The molecule has 0 atom stereocenters. The summed E-state index contributed by atoms with van der Waals surface area (Å²) in [5.41, 5.74) is -0.939. The number of aromatic carboxylic acids is 2. The first-order chi connectivity index (χ1) is 6.49. The molecule has 0 aromatic carbocycles. The molecule has 0 saturated carbocycles. The topological polar surface area (TPSA) is 102 Å². The maximum atomic E-state index is 10.7. The predicted molar refractivity (Wildman–Crippen MR) is 43.7 cm³/mol. The minimum Gasteiger partial charge on any atom is -0.476 e. The second-order valence-corrected chi connectivity index (χ2v) is 2.47. The highest BCUT2D eigenvalue weighted by Crippen LogP contribution is 2.16. The summed E-state index contributed by atoms with van der Waals surface area (Å²) in [6, 6.07) is -0.0557. The van der Waals surface area contributed by atoms with Gasteiger partial charge in [-0.25, -0.2) is 9.59 Å². The standard InChI is InChI=1S/C7H8N2O5/c1-9-4(6(12)13)3(5(10)11)8-7(9)14-2/h1-2H3,(H,10,11)(H,12,13). The monoisotopic (exact) mass is 200 g/mol. The highest BCUT2D eigenvalue weighted by atomic mass is 16.5. The molecule has 1 aromatic rings. The highest BCUT2D eigenvalue weighted by molar-refractivity contribution is 5.99. The summed E-state index contributed by atoms with van der Waals surface area (Å²) >= 11 is 0. The Hall–Kier alpha value is -2.05. The van der Waals surface area contributed by atoms with Crippen LogP contribution in [0, 0.1) is 0 Å². The molecule has 0 aliphatic rings. The lowest BCUT2D eigenvalue weighted by Crippen LogP contribution is -2.11. The second-order valence-electron chi connectivity index (χ2n) is 2.47. The van der Waals surface area contributed by atoms with Gasteiger partial charge in [0.25, 0.3) is 6.01 Å². The maximum absolute atomic E-state index is 10.7. The van der Waals surface area contributed by atoms with Crippen LogP contribution in [0.5, 0.6) is 6.01 Å². The van der Waals surface area contributed by atoms with Crippen molar-refractivity contribution in [2.75, 3.05) is 7.11 Å². The fourth-order valence-electron chi connectivity index (χ4n) is 1.05. The largest absolute Gasteiger partial charge is 0.476 e. The van der Waals surface area contributed by atoms with Crippen LogP contribution in [-0.2, 0) is 7.05 Å². The summed E-state index contributed by atoms with van der Waals surface area (Å²) in [4.78, 5) is 24.8. The van der Waals surface area contributed by atoms with Crippen LogP contribution in [0.15, 0.2) is 0 Å². The van der Waals surface area contributed by atoms with Gasteiger partial charge in [0.2, 0.25) is 0 Å². The number of ether oxygens (including phenoxy) is 1. The van der Waals surface area contributed by atoms with Gasteiger partial charge in [0.05, 0.1) is 7.11 Å². The lowest BCUT2D eigenvalue weighted by molar-refractivity contribution is 0.0641. The molecule has 0 spiro atoms. The lowest BCUT2D eigenvalue weighted by atomic mass is 10.3. The molecule has 0 saturated heterocycles. The van der Waals surface area contributed by atoms with Crippen molar-refractivity contribution in [3.63, 3.8) is 0 Å². The Morgan fingerprint density at radius 3 is 2.21 bits per heavy atom. The zero-order valence-corrected chi connectivity index (χ0v) is 7.51. The number of carbonyl (C=O) groups is 2. The van der Waals surface area contributed by atoms with Crippen LogP contribution >= 0.6 is 0 Å². The molecular weight excluding hydrogens is 192 g/mol. The minimum atomic E-state index is -1.40. The zero-order valence-electron chi connectivity index (χ0n) is 7.51. The SMILES string of the molecule is COc1nc(C(=O)O)c(C(=O)O)n1C. The van der Waals surface area contributed by atoms with E-state index in [9.17, 15) is 9.59 Å². The quantitative estimate of drug-likeness (QED) is 0.702. The molecule has 0 amide bonds. The predicted octanol–water partition coefficient (Wildman–Crippen LogP) is -0.175. The van der Waals surface area contributed by atoms with Crippen LogP contribution in [0.3, 0.4) is 0 Å². The molecule has 0 unspecified atom stereocenters. The highest BCUT2D eigenvalue weighted by Gasteiger charge is 2.25. The van der Waals surface area contributed by atoms with Crippen LogP contribution in [-0.4, -0.2) is 38.8 Å². The molecule has 1 rings (SSSR count). The molecule has 14 heavy (non-hydrogen) atoms. The minimum absolute atomic E-state index is 0.0557. The van der Waals surface area contributed by atoms with Crippen molar-refractivity contribution in [3.05, 3.63) is 11.4 Å². The molecule has 0 radical (unpaired) electrons. The van der Waals surface area contributed by atoms with Gasteiger partial charge in [-0.1, -0.05) is 0 Å². The molecule has 0 fully saturated rings. The van der Waals surface area contributed by atoms with Crippen molar-refractivity contribution >= 4 is 11.9 Å². The zero-order chi connectivity index (χ0) is 10.9. The number of imidazole rings is 1. The van der Waals surface area contributed by atoms with Crippen molar-refractivity contribution < 1.29 is 24.5 Å². The van der Waals surface area contributed by atoms with Gasteiger partial charge in [-0.15, -0.1) is 0 Å². The van der Waals surface area contributed by atoms with Crippen LogP contribution in [0.4, 0.5) is 0 Å². The number of nitrogens with zero attached hydrogens (tertiary/aromatic N) is 2. The van der Waals surface area contributed by atoms with Crippen molar-refractivity contribution in [1.82, 2.24) is 9.55 Å². The molecule has 1 heterocycles. The van der Waals surface area contributed by atoms with Gasteiger partial charge in [0, 0.05) is 7.05 Å². The van der Waals surface area contributed by atoms with E-state index >= 15 is 0 Å². The van der Waals surface area contributed by atoms with Crippen molar-refractivity contribution in [2.24, 2.45) is 7.05 Å². The summed E-state index contributed by atoms with van der Waals surface area (Å²) in [5.74, 6) is -2.76. The number of methoxy groups -OCH3 is 1. The number of carboxylic acids is 2. The molecule has 7 nitrogen and oxygen atoms in total. The van der Waals surface area contributed by atoms with Gasteiger partial charge >= 0.3 is 11.9 Å². The third-order valence-corrected chi connectivity index (χ3v) is 1.64. The van der Waals surface area contributed by atoms with E-state index in [-0.39, 0.29) is 6.01 Å². The average molecular weight is 200 g/mol. The molecule has 0 aliphatic heterocycles.